The minimum atomic E-state index is 0.720. The first-order chi connectivity index (χ1) is 12.7. The van der Waals surface area contributed by atoms with Crippen LogP contribution >= 0.6 is 0 Å². The normalized spacial score (nSPS) is 14.8. The fraction of sp³-hybridized carbons (Fsp3) is 0.400. The molecule has 1 aliphatic heterocycles. The molecule has 0 atom stereocenters. The highest BCUT2D eigenvalue weighted by molar-refractivity contribution is 5.72. The van der Waals surface area contributed by atoms with Gasteiger partial charge in [-0.05, 0) is 25.5 Å². The van der Waals surface area contributed by atoms with E-state index in [9.17, 15) is 0 Å². The zero-order chi connectivity index (χ0) is 18.1. The zero-order valence-corrected chi connectivity index (χ0v) is 15.5. The van der Waals surface area contributed by atoms with E-state index in [-0.39, 0.29) is 0 Å². The van der Waals surface area contributed by atoms with E-state index < -0.39 is 0 Å². The fourth-order valence-corrected chi connectivity index (χ4v) is 3.53. The number of nitrogens with zero attached hydrogens (tertiary/aromatic N) is 4. The summed E-state index contributed by atoms with van der Waals surface area (Å²) in [4.78, 5) is 12.1. The minimum absolute atomic E-state index is 0.720. The lowest BCUT2D eigenvalue weighted by molar-refractivity contribution is 0.122. The second-order valence-corrected chi connectivity index (χ2v) is 6.47. The van der Waals surface area contributed by atoms with Crippen LogP contribution in [0.5, 0.6) is 5.75 Å². The van der Waals surface area contributed by atoms with Crippen molar-refractivity contribution in [3.63, 3.8) is 0 Å². The molecular formula is C20H24N4O2. The van der Waals surface area contributed by atoms with Gasteiger partial charge in [-0.25, -0.2) is 9.97 Å². The number of aryl methyl sites for hydroxylation is 2. The van der Waals surface area contributed by atoms with Gasteiger partial charge in [0.05, 0.1) is 31.7 Å². The fourth-order valence-electron chi connectivity index (χ4n) is 3.53. The van der Waals surface area contributed by atoms with Crippen molar-refractivity contribution in [3.8, 4) is 17.0 Å². The molecule has 6 nitrogen and oxygen atoms in total. The van der Waals surface area contributed by atoms with E-state index in [4.69, 9.17) is 19.4 Å². The molecule has 0 amide bonds. The van der Waals surface area contributed by atoms with Crippen molar-refractivity contribution in [2.75, 3.05) is 38.3 Å². The number of benzene rings is 1. The number of imidazole rings is 1. The Balaban J connectivity index is 1.92. The maximum atomic E-state index is 5.52. The SMILES string of the molecule is CCc1c(C)nc2c(N3CCOCC3)nc(-c3cccc(OC)c3)cn12. The van der Waals surface area contributed by atoms with Gasteiger partial charge in [0.15, 0.2) is 11.5 Å². The maximum Gasteiger partial charge on any atom is 0.180 e. The van der Waals surface area contributed by atoms with Gasteiger partial charge >= 0.3 is 0 Å². The summed E-state index contributed by atoms with van der Waals surface area (Å²) in [5.41, 5.74) is 5.17. The number of morpholine rings is 1. The van der Waals surface area contributed by atoms with E-state index in [0.717, 1.165) is 66.9 Å². The zero-order valence-electron chi connectivity index (χ0n) is 15.5. The molecule has 3 aromatic rings. The van der Waals surface area contributed by atoms with Crippen molar-refractivity contribution in [1.29, 1.82) is 0 Å². The molecule has 0 saturated carbocycles. The highest BCUT2D eigenvalue weighted by atomic mass is 16.5. The van der Waals surface area contributed by atoms with Gasteiger partial charge in [0.25, 0.3) is 0 Å². The number of rotatable bonds is 4. The van der Waals surface area contributed by atoms with Gasteiger partial charge in [-0.3, -0.25) is 4.40 Å². The quantitative estimate of drug-likeness (QED) is 0.722. The number of aromatic nitrogens is 3. The summed E-state index contributed by atoms with van der Waals surface area (Å²) in [6, 6.07) is 8.03. The summed E-state index contributed by atoms with van der Waals surface area (Å²) in [6.07, 6.45) is 3.02. The number of methoxy groups -OCH3 is 1. The first-order valence-corrected chi connectivity index (χ1v) is 9.07. The molecular weight excluding hydrogens is 328 g/mol. The Hall–Kier alpha value is -2.60. The molecule has 26 heavy (non-hydrogen) atoms. The number of hydrogen-bond donors (Lipinski definition) is 0. The lowest BCUT2D eigenvalue weighted by Gasteiger charge is -2.28. The van der Waals surface area contributed by atoms with Crippen molar-refractivity contribution in [2.45, 2.75) is 20.3 Å². The molecule has 0 aliphatic carbocycles. The van der Waals surface area contributed by atoms with Crippen molar-refractivity contribution in [1.82, 2.24) is 14.4 Å². The van der Waals surface area contributed by atoms with E-state index in [1.54, 1.807) is 7.11 Å². The van der Waals surface area contributed by atoms with Crippen LogP contribution in [-0.4, -0.2) is 47.8 Å². The van der Waals surface area contributed by atoms with Crippen molar-refractivity contribution < 1.29 is 9.47 Å². The van der Waals surface area contributed by atoms with E-state index in [1.807, 2.05) is 18.2 Å². The van der Waals surface area contributed by atoms with Gasteiger partial charge < -0.3 is 14.4 Å². The number of anilines is 1. The van der Waals surface area contributed by atoms with Crippen LogP contribution in [0.3, 0.4) is 0 Å². The molecule has 0 spiro atoms. The average molecular weight is 352 g/mol. The Morgan fingerprint density at radius 2 is 2.00 bits per heavy atom. The Bertz CT molecular complexity index is 929. The Morgan fingerprint density at radius 1 is 1.19 bits per heavy atom. The Morgan fingerprint density at radius 3 is 2.73 bits per heavy atom. The van der Waals surface area contributed by atoms with Gasteiger partial charge in [-0.1, -0.05) is 19.1 Å². The van der Waals surface area contributed by atoms with Crippen LogP contribution in [0, 0.1) is 6.92 Å². The van der Waals surface area contributed by atoms with Crippen LogP contribution in [0.15, 0.2) is 30.5 Å². The van der Waals surface area contributed by atoms with E-state index in [1.165, 1.54) is 5.69 Å². The molecule has 1 aromatic carbocycles. The minimum Gasteiger partial charge on any atom is -0.497 e. The third-order valence-electron chi connectivity index (χ3n) is 4.90. The number of ether oxygens (including phenoxy) is 2. The van der Waals surface area contributed by atoms with Crippen molar-refractivity contribution in [2.24, 2.45) is 0 Å². The van der Waals surface area contributed by atoms with E-state index >= 15 is 0 Å². The highest BCUT2D eigenvalue weighted by Gasteiger charge is 2.21. The molecule has 136 valence electrons. The van der Waals surface area contributed by atoms with Crippen LogP contribution in [-0.2, 0) is 11.2 Å². The molecule has 6 heteroatoms. The van der Waals surface area contributed by atoms with Crippen LogP contribution < -0.4 is 9.64 Å². The summed E-state index contributed by atoms with van der Waals surface area (Å²) in [7, 11) is 1.68. The van der Waals surface area contributed by atoms with Gasteiger partial charge in [0, 0.05) is 30.5 Å². The molecule has 4 rings (SSSR count). The van der Waals surface area contributed by atoms with Gasteiger partial charge in [-0.2, -0.15) is 0 Å². The predicted octanol–water partition coefficient (Wildman–Crippen LogP) is 3.11. The molecule has 0 unspecified atom stereocenters. The largest absolute Gasteiger partial charge is 0.497 e. The molecule has 1 fully saturated rings. The van der Waals surface area contributed by atoms with Gasteiger partial charge in [-0.15, -0.1) is 0 Å². The van der Waals surface area contributed by atoms with Gasteiger partial charge in [0.1, 0.15) is 5.75 Å². The molecule has 1 aliphatic rings. The third kappa shape index (κ3) is 2.90. The van der Waals surface area contributed by atoms with Crippen LogP contribution in [0.1, 0.15) is 18.3 Å². The monoisotopic (exact) mass is 352 g/mol. The first-order valence-electron chi connectivity index (χ1n) is 9.07. The highest BCUT2D eigenvalue weighted by Crippen LogP contribution is 2.29. The average Bonchev–Trinajstić information content (AvgIpc) is 3.02. The summed E-state index contributed by atoms with van der Waals surface area (Å²) in [5, 5.41) is 0. The van der Waals surface area contributed by atoms with Crippen molar-refractivity contribution in [3.05, 3.63) is 41.9 Å². The van der Waals surface area contributed by atoms with Crippen LogP contribution in [0.2, 0.25) is 0 Å². The Labute approximate surface area is 153 Å². The van der Waals surface area contributed by atoms with E-state index in [0.29, 0.717) is 0 Å². The summed E-state index contributed by atoms with van der Waals surface area (Å²) in [6.45, 7) is 7.33. The van der Waals surface area contributed by atoms with E-state index in [2.05, 4.69) is 35.4 Å². The molecule has 0 radical (unpaired) electrons. The van der Waals surface area contributed by atoms with Crippen molar-refractivity contribution >= 4 is 11.5 Å². The number of hydrogen-bond acceptors (Lipinski definition) is 5. The molecule has 0 bridgehead atoms. The van der Waals surface area contributed by atoms with Crippen LogP contribution in [0.25, 0.3) is 16.9 Å². The van der Waals surface area contributed by atoms with Crippen LogP contribution in [0.4, 0.5) is 5.82 Å². The molecule has 1 saturated heterocycles. The standard InChI is InChI=1S/C20H24N4O2/c1-4-18-14(2)21-20-19(23-8-10-26-11-9-23)22-17(13-24(18)20)15-6-5-7-16(12-15)25-3/h5-7,12-13H,4,8-11H2,1-3H3. The summed E-state index contributed by atoms with van der Waals surface area (Å²) < 4.78 is 13.1. The lowest BCUT2D eigenvalue weighted by atomic mass is 10.1. The summed E-state index contributed by atoms with van der Waals surface area (Å²) in [5.74, 6) is 1.76. The lowest BCUT2D eigenvalue weighted by Crippen LogP contribution is -2.37. The second-order valence-electron chi connectivity index (χ2n) is 6.47. The second kappa shape index (κ2) is 6.96. The maximum absolute atomic E-state index is 5.52. The molecule has 0 N–H and O–H groups in total. The number of fused-ring (bicyclic) bond motifs is 1. The Kier molecular flexibility index (Phi) is 4.51. The predicted molar refractivity (Wildman–Crippen MR) is 102 cm³/mol. The molecule has 3 heterocycles. The smallest absolute Gasteiger partial charge is 0.180 e. The first kappa shape index (κ1) is 16.8. The molecule has 2 aromatic heterocycles. The third-order valence-corrected chi connectivity index (χ3v) is 4.90. The summed E-state index contributed by atoms with van der Waals surface area (Å²) >= 11 is 0. The van der Waals surface area contributed by atoms with Gasteiger partial charge in [0.2, 0.25) is 0 Å². The topological polar surface area (TPSA) is 51.9 Å².